The molecule has 0 spiro atoms. The molecular formula is C11H11ClFNO4. The molecule has 3 N–H and O–H groups in total. The smallest absolute Gasteiger partial charge is 0.306 e. The van der Waals surface area contributed by atoms with Crippen LogP contribution in [0.2, 0.25) is 5.02 Å². The standard InChI is InChI=1S/C11H11ClFNO4/c12-8-2-1-6(3-9(8)13)11(18)14-5-7(15)4-10(16)17/h1-3,7,15H,4-5H2,(H,14,18)(H,16,17). The van der Waals surface area contributed by atoms with E-state index in [1.165, 1.54) is 12.1 Å². The summed E-state index contributed by atoms with van der Waals surface area (Å²) >= 11 is 5.46. The largest absolute Gasteiger partial charge is 0.481 e. The van der Waals surface area contributed by atoms with E-state index in [2.05, 4.69) is 5.32 Å². The predicted octanol–water partition coefficient (Wildman–Crippen LogP) is 1.04. The molecule has 0 aliphatic heterocycles. The Kier molecular flexibility index (Phi) is 5.06. The average Bonchev–Trinajstić information content (AvgIpc) is 2.28. The zero-order valence-corrected chi connectivity index (χ0v) is 9.95. The van der Waals surface area contributed by atoms with Crippen LogP contribution in [0, 0.1) is 5.82 Å². The van der Waals surface area contributed by atoms with Crippen molar-refractivity contribution in [2.75, 3.05) is 6.54 Å². The third-order valence-electron chi connectivity index (χ3n) is 2.09. The lowest BCUT2D eigenvalue weighted by Crippen LogP contribution is -2.33. The Bertz CT molecular complexity index is 466. The van der Waals surface area contributed by atoms with Gasteiger partial charge < -0.3 is 15.5 Å². The highest BCUT2D eigenvalue weighted by molar-refractivity contribution is 6.30. The van der Waals surface area contributed by atoms with Crippen LogP contribution >= 0.6 is 11.6 Å². The zero-order valence-electron chi connectivity index (χ0n) is 9.19. The number of rotatable bonds is 5. The number of nitrogens with one attached hydrogen (secondary N) is 1. The van der Waals surface area contributed by atoms with Gasteiger partial charge in [-0.05, 0) is 18.2 Å². The van der Waals surface area contributed by atoms with Crippen molar-refractivity contribution >= 4 is 23.5 Å². The van der Waals surface area contributed by atoms with Gasteiger partial charge in [0, 0.05) is 12.1 Å². The van der Waals surface area contributed by atoms with Gasteiger partial charge in [0.2, 0.25) is 0 Å². The third kappa shape index (κ3) is 4.31. The van der Waals surface area contributed by atoms with Crippen molar-refractivity contribution < 1.29 is 24.2 Å². The van der Waals surface area contributed by atoms with Gasteiger partial charge in [-0.1, -0.05) is 11.6 Å². The van der Waals surface area contributed by atoms with Crippen LogP contribution in [-0.4, -0.2) is 34.7 Å². The van der Waals surface area contributed by atoms with E-state index in [0.717, 1.165) is 6.07 Å². The van der Waals surface area contributed by atoms with E-state index < -0.39 is 30.2 Å². The number of aliphatic hydroxyl groups excluding tert-OH is 1. The first-order valence-electron chi connectivity index (χ1n) is 5.03. The lowest BCUT2D eigenvalue weighted by molar-refractivity contribution is -0.139. The van der Waals surface area contributed by atoms with Gasteiger partial charge >= 0.3 is 5.97 Å². The summed E-state index contributed by atoms with van der Waals surface area (Å²) in [6.07, 6.45) is -1.67. The first kappa shape index (κ1) is 14.4. The number of aliphatic hydroxyl groups is 1. The summed E-state index contributed by atoms with van der Waals surface area (Å²) in [5.41, 5.74) is 0.0411. The molecule has 1 aromatic rings. The van der Waals surface area contributed by atoms with E-state index in [1.807, 2.05) is 0 Å². The molecule has 0 radical (unpaired) electrons. The Balaban J connectivity index is 2.55. The number of carboxylic acids is 1. The highest BCUT2D eigenvalue weighted by atomic mass is 35.5. The van der Waals surface area contributed by atoms with E-state index in [9.17, 15) is 19.1 Å². The molecule has 1 rings (SSSR count). The van der Waals surface area contributed by atoms with E-state index in [1.54, 1.807) is 0 Å². The van der Waals surface area contributed by atoms with Crippen molar-refractivity contribution in [1.29, 1.82) is 0 Å². The second-order valence-corrected chi connectivity index (χ2v) is 4.00. The molecule has 0 aliphatic rings. The number of carboxylic acid groups (broad SMARTS) is 1. The number of aliphatic carboxylic acids is 1. The van der Waals surface area contributed by atoms with Gasteiger partial charge in [-0.3, -0.25) is 9.59 Å². The summed E-state index contributed by atoms with van der Waals surface area (Å²) in [7, 11) is 0. The molecule has 0 heterocycles. The molecule has 0 bridgehead atoms. The number of hydrogen-bond donors (Lipinski definition) is 3. The van der Waals surface area contributed by atoms with Crippen molar-refractivity contribution in [1.82, 2.24) is 5.32 Å². The highest BCUT2D eigenvalue weighted by Crippen LogP contribution is 2.15. The number of carbonyl (C=O) groups is 2. The normalized spacial score (nSPS) is 11.9. The molecule has 1 unspecified atom stereocenters. The monoisotopic (exact) mass is 275 g/mol. The van der Waals surface area contributed by atoms with Gasteiger partial charge in [0.1, 0.15) is 5.82 Å². The molecule has 18 heavy (non-hydrogen) atoms. The predicted molar refractivity (Wildman–Crippen MR) is 62.0 cm³/mol. The average molecular weight is 276 g/mol. The zero-order chi connectivity index (χ0) is 13.7. The van der Waals surface area contributed by atoms with Crippen molar-refractivity contribution in [3.8, 4) is 0 Å². The Morgan fingerprint density at radius 2 is 2.11 bits per heavy atom. The minimum absolute atomic E-state index is 0.0411. The quantitative estimate of drug-likeness (QED) is 0.749. The van der Waals surface area contributed by atoms with Gasteiger partial charge in [0.05, 0.1) is 17.5 Å². The molecule has 5 nitrogen and oxygen atoms in total. The minimum atomic E-state index is -1.19. The first-order valence-corrected chi connectivity index (χ1v) is 5.41. The summed E-state index contributed by atoms with van der Waals surface area (Å²) in [5, 5.41) is 19.8. The molecule has 0 fully saturated rings. The lowest BCUT2D eigenvalue weighted by atomic mass is 10.2. The molecule has 1 amide bonds. The third-order valence-corrected chi connectivity index (χ3v) is 2.40. The Morgan fingerprint density at radius 1 is 1.44 bits per heavy atom. The maximum absolute atomic E-state index is 13.1. The number of hydrogen-bond acceptors (Lipinski definition) is 3. The number of amides is 1. The number of benzene rings is 1. The SMILES string of the molecule is O=C(O)CC(O)CNC(=O)c1ccc(Cl)c(F)c1. The maximum atomic E-state index is 13.1. The highest BCUT2D eigenvalue weighted by Gasteiger charge is 2.13. The summed E-state index contributed by atoms with van der Waals surface area (Å²) < 4.78 is 13.1. The summed E-state index contributed by atoms with van der Waals surface area (Å²) in [6, 6.07) is 3.52. The van der Waals surface area contributed by atoms with Gasteiger partial charge in [-0.2, -0.15) is 0 Å². The second-order valence-electron chi connectivity index (χ2n) is 3.59. The van der Waals surface area contributed by atoms with Gasteiger partial charge in [0.25, 0.3) is 5.91 Å². The van der Waals surface area contributed by atoms with Crippen LogP contribution in [0.1, 0.15) is 16.8 Å². The van der Waals surface area contributed by atoms with Crippen LogP contribution in [-0.2, 0) is 4.79 Å². The summed E-state index contributed by atoms with van der Waals surface area (Å²) in [6.45, 7) is -0.227. The Morgan fingerprint density at radius 3 is 2.67 bits per heavy atom. The molecule has 1 atom stereocenters. The fraction of sp³-hybridized carbons (Fsp3) is 0.273. The second kappa shape index (κ2) is 6.32. The van der Waals surface area contributed by atoms with Crippen molar-refractivity contribution in [3.63, 3.8) is 0 Å². The minimum Gasteiger partial charge on any atom is -0.481 e. The molecule has 7 heteroatoms. The van der Waals surface area contributed by atoms with Gasteiger partial charge in [-0.25, -0.2) is 4.39 Å². The molecular weight excluding hydrogens is 265 g/mol. The molecule has 0 aromatic heterocycles. The molecule has 1 aromatic carbocycles. The maximum Gasteiger partial charge on any atom is 0.306 e. The van der Waals surface area contributed by atoms with Crippen LogP contribution in [0.4, 0.5) is 4.39 Å². The van der Waals surface area contributed by atoms with Gasteiger partial charge in [0.15, 0.2) is 0 Å². The van der Waals surface area contributed by atoms with Crippen molar-refractivity contribution in [2.45, 2.75) is 12.5 Å². The fourth-order valence-corrected chi connectivity index (χ4v) is 1.34. The van der Waals surface area contributed by atoms with E-state index >= 15 is 0 Å². The van der Waals surface area contributed by atoms with Gasteiger partial charge in [-0.15, -0.1) is 0 Å². The molecule has 98 valence electrons. The molecule has 0 saturated heterocycles. The fourth-order valence-electron chi connectivity index (χ4n) is 1.22. The van der Waals surface area contributed by atoms with Crippen molar-refractivity contribution in [3.05, 3.63) is 34.6 Å². The Hall–Kier alpha value is -1.66. The van der Waals surface area contributed by atoms with Crippen LogP contribution < -0.4 is 5.32 Å². The van der Waals surface area contributed by atoms with Crippen LogP contribution in [0.25, 0.3) is 0 Å². The Labute approximate surface area is 107 Å². The lowest BCUT2D eigenvalue weighted by Gasteiger charge is -2.09. The van der Waals surface area contributed by atoms with Crippen LogP contribution in [0.15, 0.2) is 18.2 Å². The number of halogens is 2. The van der Waals surface area contributed by atoms with E-state index in [0.29, 0.717) is 0 Å². The van der Waals surface area contributed by atoms with Crippen LogP contribution in [0.3, 0.4) is 0 Å². The van der Waals surface area contributed by atoms with Crippen LogP contribution in [0.5, 0.6) is 0 Å². The molecule has 0 saturated carbocycles. The van der Waals surface area contributed by atoms with E-state index in [-0.39, 0.29) is 17.1 Å². The first-order chi connectivity index (χ1) is 8.40. The summed E-state index contributed by atoms with van der Waals surface area (Å²) in [4.78, 5) is 21.8. The van der Waals surface area contributed by atoms with Crippen molar-refractivity contribution in [2.24, 2.45) is 0 Å². The number of carbonyl (C=O) groups excluding carboxylic acids is 1. The topological polar surface area (TPSA) is 86.6 Å². The summed E-state index contributed by atoms with van der Waals surface area (Å²) in [5.74, 6) is -2.51. The molecule has 0 aliphatic carbocycles. The van der Waals surface area contributed by atoms with E-state index in [4.69, 9.17) is 16.7 Å².